The number of benzene rings is 1. The minimum Gasteiger partial charge on any atom is -0.506 e. The highest BCUT2D eigenvalue weighted by Gasteiger charge is 2.32. The second-order valence-corrected chi connectivity index (χ2v) is 7.49. The lowest BCUT2D eigenvalue weighted by Crippen LogP contribution is -2.23. The van der Waals surface area contributed by atoms with Gasteiger partial charge < -0.3 is 9.84 Å². The van der Waals surface area contributed by atoms with Gasteiger partial charge in [-0.25, -0.2) is 4.39 Å². The summed E-state index contributed by atoms with van der Waals surface area (Å²) in [6, 6.07) is 4.82. The molecule has 3 rings (SSSR count). The summed E-state index contributed by atoms with van der Waals surface area (Å²) < 4.78 is 58.5. The highest BCUT2D eigenvalue weighted by atomic mass is 35.5. The van der Waals surface area contributed by atoms with Crippen LogP contribution in [0.25, 0.3) is 5.57 Å². The number of hydrogen-bond donors (Lipinski definition) is 1. The Balaban J connectivity index is 1.96. The third-order valence-corrected chi connectivity index (χ3v) is 5.11. The van der Waals surface area contributed by atoms with E-state index >= 15 is 0 Å². The van der Waals surface area contributed by atoms with Gasteiger partial charge >= 0.3 is 6.18 Å². The molecule has 0 saturated carbocycles. The molecule has 0 aliphatic carbocycles. The SMILES string of the molecule is CC1=NN(C)COCC(c2c(F)ccc(Cl)c2CCc2ccc(C(F)(F)F)nc2)=C1O. The number of aryl methyl sites for hydroxylation is 1. The monoisotopic (exact) mass is 457 g/mol. The fraction of sp³-hybridized carbons (Fsp3) is 0.333. The summed E-state index contributed by atoms with van der Waals surface area (Å²) in [5, 5.41) is 16.6. The zero-order chi connectivity index (χ0) is 22.8. The van der Waals surface area contributed by atoms with Crippen LogP contribution in [-0.4, -0.2) is 41.2 Å². The molecule has 2 aromatic rings. The Bertz CT molecular complexity index is 1020. The van der Waals surface area contributed by atoms with Gasteiger partial charge in [-0.15, -0.1) is 0 Å². The molecule has 0 bridgehead atoms. The van der Waals surface area contributed by atoms with Crippen LogP contribution in [0.15, 0.2) is 41.3 Å². The van der Waals surface area contributed by atoms with Crippen LogP contribution in [0.2, 0.25) is 5.02 Å². The number of hydrazone groups is 1. The third-order valence-electron chi connectivity index (χ3n) is 4.76. The first kappa shape index (κ1) is 23.0. The van der Waals surface area contributed by atoms with E-state index in [2.05, 4.69) is 10.1 Å². The van der Waals surface area contributed by atoms with Crippen molar-refractivity contribution in [2.45, 2.75) is 25.9 Å². The molecular weight excluding hydrogens is 438 g/mol. The minimum atomic E-state index is -4.52. The van der Waals surface area contributed by atoms with Gasteiger partial charge in [-0.3, -0.25) is 9.99 Å². The van der Waals surface area contributed by atoms with Gasteiger partial charge in [0.15, 0.2) is 0 Å². The second kappa shape index (κ2) is 9.23. The van der Waals surface area contributed by atoms with Crippen LogP contribution < -0.4 is 0 Å². The van der Waals surface area contributed by atoms with Crippen LogP contribution in [0.5, 0.6) is 0 Å². The number of aromatic nitrogens is 1. The van der Waals surface area contributed by atoms with Gasteiger partial charge in [0.25, 0.3) is 0 Å². The summed E-state index contributed by atoms with van der Waals surface area (Å²) in [5.74, 6) is -0.818. The van der Waals surface area contributed by atoms with Crippen LogP contribution in [0, 0.1) is 5.82 Å². The third kappa shape index (κ3) is 5.34. The summed E-state index contributed by atoms with van der Waals surface area (Å²) in [7, 11) is 1.67. The number of ether oxygens (including phenoxy) is 1. The molecule has 0 saturated heterocycles. The van der Waals surface area contributed by atoms with Gasteiger partial charge in [-0.2, -0.15) is 18.3 Å². The van der Waals surface area contributed by atoms with Crippen molar-refractivity contribution in [2.24, 2.45) is 5.10 Å². The van der Waals surface area contributed by atoms with Crippen LogP contribution in [-0.2, 0) is 23.8 Å². The fourth-order valence-corrected chi connectivity index (χ4v) is 3.52. The van der Waals surface area contributed by atoms with Crippen molar-refractivity contribution in [1.29, 1.82) is 0 Å². The van der Waals surface area contributed by atoms with Gasteiger partial charge in [-0.05, 0) is 49.1 Å². The summed E-state index contributed by atoms with van der Waals surface area (Å²) in [6.07, 6.45) is -2.90. The van der Waals surface area contributed by atoms with Crippen molar-refractivity contribution in [1.82, 2.24) is 9.99 Å². The molecule has 1 aromatic heterocycles. The summed E-state index contributed by atoms with van der Waals surface area (Å²) in [6.45, 7) is 1.66. The molecule has 0 unspecified atom stereocenters. The molecule has 0 atom stereocenters. The first-order chi connectivity index (χ1) is 14.6. The molecular formula is C21H20ClF4N3O2. The zero-order valence-corrected chi connectivity index (χ0v) is 17.6. The summed E-state index contributed by atoms with van der Waals surface area (Å²) >= 11 is 6.34. The molecule has 0 amide bonds. The maximum absolute atomic E-state index is 14.9. The van der Waals surface area contributed by atoms with Crippen LogP contribution in [0.4, 0.5) is 17.6 Å². The molecule has 1 aliphatic heterocycles. The number of aliphatic hydroxyl groups is 1. The molecule has 0 spiro atoms. The highest BCUT2D eigenvalue weighted by molar-refractivity contribution is 6.31. The van der Waals surface area contributed by atoms with E-state index in [-0.39, 0.29) is 53.8 Å². The zero-order valence-electron chi connectivity index (χ0n) is 16.8. The van der Waals surface area contributed by atoms with E-state index in [0.717, 1.165) is 12.3 Å². The number of allylic oxidation sites excluding steroid dienone is 1. The van der Waals surface area contributed by atoms with E-state index in [9.17, 15) is 22.7 Å². The largest absolute Gasteiger partial charge is 0.506 e. The molecule has 1 N–H and O–H groups in total. The minimum absolute atomic E-state index is 0.0743. The van der Waals surface area contributed by atoms with Gasteiger partial charge in [0.05, 0.1) is 12.3 Å². The first-order valence-electron chi connectivity index (χ1n) is 9.34. The molecule has 1 aliphatic rings. The van der Waals surface area contributed by atoms with Crippen molar-refractivity contribution in [3.8, 4) is 0 Å². The Morgan fingerprint density at radius 1 is 1.19 bits per heavy atom. The molecule has 166 valence electrons. The molecule has 1 aromatic carbocycles. The van der Waals surface area contributed by atoms with Crippen molar-refractivity contribution >= 4 is 22.9 Å². The molecule has 10 heteroatoms. The Hall–Kier alpha value is -2.65. The number of pyridine rings is 1. The number of aliphatic hydroxyl groups excluding tert-OH is 1. The van der Waals surface area contributed by atoms with Crippen molar-refractivity contribution in [3.63, 3.8) is 0 Å². The number of hydrogen-bond acceptors (Lipinski definition) is 5. The maximum Gasteiger partial charge on any atom is 0.433 e. The van der Waals surface area contributed by atoms with E-state index in [1.54, 1.807) is 14.0 Å². The lowest BCUT2D eigenvalue weighted by Gasteiger charge is -2.22. The van der Waals surface area contributed by atoms with Crippen molar-refractivity contribution in [2.75, 3.05) is 20.4 Å². The molecule has 2 heterocycles. The maximum atomic E-state index is 14.9. The van der Waals surface area contributed by atoms with Gasteiger partial charge in [-0.1, -0.05) is 17.7 Å². The average molecular weight is 458 g/mol. The predicted molar refractivity (Wildman–Crippen MR) is 109 cm³/mol. The van der Waals surface area contributed by atoms with Crippen LogP contribution >= 0.6 is 11.6 Å². The van der Waals surface area contributed by atoms with Crippen LogP contribution in [0.3, 0.4) is 0 Å². The Kier molecular flexibility index (Phi) is 6.86. The number of rotatable bonds is 4. The second-order valence-electron chi connectivity index (χ2n) is 7.08. The van der Waals surface area contributed by atoms with Crippen LogP contribution in [0.1, 0.15) is 29.3 Å². The van der Waals surface area contributed by atoms with Gasteiger partial charge in [0.1, 0.15) is 24.0 Å². The summed E-state index contributed by atoms with van der Waals surface area (Å²) in [4.78, 5) is 3.44. The average Bonchev–Trinajstić information content (AvgIpc) is 2.70. The lowest BCUT2D eigenvalue weighted by atomic mass is 9.93. The molecule has 0 radical (unpaired) electrons. The number of nitrogens with zero attached hydrogens (tertiary/aromatic N) is 3. The van der Waals surface area contributed by atoms with E-state index in [0.29, 0.717) is 11.1 Å². The fourth-order valence-electron chi connectivity index (χ4n) is 3.26. The standard InChI is InChI=1S/C21H20ClF4N3O2/c1-12-20(30)15(10-31-11-29(2)28-12)19-14(16(22)6-7-17(19)23)5-3-13-4-8-18(27-9-13)21(24,25)26/h4,6-9,30H,3,5,10-11H2,1-2H3. The Labute approximate surface area is 181 Å². The van der Waals surface area contributed by atoms with E-state index in [1.807, 2.05) is 0 Å². The lowest BCUT2D eigenvalue weighted by molar-refractivity contribution is -0.141. The van der Waals surface area contributed by atoms with E-state index in [1.165, 1.54) is 23.2 Å². The molecule has 5 nitrogen and oxygen atoms in total. The number of alkyl halides is 3. The van der Waals surface area contributed by atoms with Crippen molar-refractivity contribution in [3.05, 3.63) is 69.4 Å². The smallest absolute Gasteiger partial charge is 0.433 e. The highest BCUT2D eigenvalue weighted by Crippen LogP contribution is 2.33. The number of halogens is 5. The molecule has 0 fully saturated rings. The topological polar surface area (TPSA) is 58.0 Å². The Morgan fingerprint density at radius 3 is 2.58 bits per heavy atom. The predicted octanol–water partition coefficient (Wildman–Crippen LogP) is 5.24. The Morgan fingerprint density at radius 2 is 1.94 bits per heavy atom. The van der Waals surface area contributed by atoms with Gasteiger partial charge in [0, 0.05) is 29.4 Å². The normalized spacial score (nSPS) is 15.6. The summed E-state index contributed by atoms with van der Waals surface area (Å²) in [5.41, 5.74) is 0.554. The first-order valence-corrected chi connectivity index (χ1v) is 9.71. The van der Waals surface area contributed by atoms with Crippen molar-refractivity contribution < 1.29 is 27.4 Å². The van der Waals surface area contributed by atoms with E-state index in [4.69, 9.17) is 16.3 Å². The molecule has 31 heavy (non-hydrogen) atoms. The van der Waals surface area contributed by atoms with Gasteiger partial charge in [0.2, 0.25) is 0 Å². The van der Waals surface area contributed by atoms with E-state index < -0.39 is 17.7 Å². The quantitative estimate of drug-likeness (QED) is 0.638.